The van der Waals surface area contributed by atoms with Crippen LogP contribution in [0.2, 0.25) is 0 Å². The molecular formula is C22H28O6. The fourth-order valence-electron chi connectivity index (χ4n) is 2.72. The van der Waals surface area contributed by atoms with E-state index in [1.54, 1.807) is 0 Å². The van der Waals surface area contributed by atoms with Gasteiger partial charge in [-0.3, -0.25) is 0 Å². The molecule has 3 rings (SSSR count). The van der Waals surface area contributed by atoms with Crippen molar-refractivity contribution in [2.24, 2.45) is 0 Å². The van der Waals surface area contributed by atoms with Crippen LogP contribution in [-0.2, 0) is 20.8 Å². The normalized spacial score (nSPS) is 17.7. The van der Waals surface area contributed by atoms with E-state index in [-0.39, 0.29) is 0 Å². The Morgan fingerprint density at radius 1 is 0.464 bits per heavy atom. The minimum absolute atomic E-state index is 0.391. The summed E-state index contributed by atoms with van der Waals surface area (Å²) in [5.74, 6) is 2.20. The van der Waals surface area contributed by atoms with Crippen molar-refractivity contribution in [3.05, 3.63) is 54.1 Å². The average molecular weight is 388 g/mol. The maximum absolute atomic E-state index is 6.00. The Bertz CT molecular complexity index is 631. The molecule has 152 valence electrons. The van der Waals surface area contributed by atoms with Crippen LogP contribution >= 0.6 is 0 Å². The van der Waals surface area contributed by atoms with Crippen LogP contribution in [-0.4, -0.2) is 52.9 Å². The molecule has 1 heterocycles. The van der Waals surface area contributed by atoms with Gasteiger partial charge in [-0.2, -0.15) is 0 Å². The monoisotopic (exact) mass is 388 g/mol. The van der Waals surface area contributed by atoms with Crippen LogP contribution < -0.4 is 14.2 Å². The summed E-state index contributed by atoms with van der Waals surface area (Å²) in [7, 11) is 0. The van der Waals surface area contributed by atoms with Crippen molar-refractivity contribution < 1.29 is 28.4 Å². The van der Waals surface area contributed by atoms with E-state index in [1.165, 1.54) is 0 Å². The van der Waals surface area contributed by atoms with Crippen LogP contribution in [0.25, 0.3) is 0 Å². The first-order chi connectivity index (χ1) is 13.9. The molecule has 1 aliphatic heterocycles. The Morgan fingerprint density at radius 2 is 0.964 bits per heavy atom. The lowest BCUT2D eigenvalue weighted by atomic mass is 10.2. The summed E-state index contributed by atoms with van der Waals surface area (Å²) >= 11 is 0. The van der Waals surface area contributed by atoms with Crippen molar-refractivity contribution in [2.75, 3.05) is 52.9 Å². The fraction of sp³-hybridized carbons (Fsp3) is 0.455. The average Bonchev–Trinajstić information content (AvgIpc) is 2.73. The second kappa shape index (κ2) is 12.2. The standard InChI is InChI=1S/C22H28O6/c1-2-7-20-19(6-1)18-28-22-9-4-3-8-21(22)27-17-14-24-11-5-10-23-12-13-25-15-16-26-20/h1-4,6-9H,5,10-18H2. The minimum atomic E-state index is 0.391. The summed E-state index contributed by atoms with van der Waals surface area (Å²) in [6, 6.07) is 15.5. The van der Waals surface area contributed by atoms with Gasteiger partial charge in [0.05, 0.1) is 26.4 Å². The second-order valence-electron chi connectivity index (χ2n) is 6.23. The van der Waals surface area contributed by atoms with Gasteiger partial charge < -0.3 is 28.4 Å². The largest absolute Gasteiger partial charge is 0.491 e. The van der Waals surface area contributed by atoms with Crippen LogP contribution in [0, 0.1) is 0 Å². The lowest BCUT2D eigenvalue weighted by Gasteiger charge is -2.15. The minimum Gasteiger partial charge on any atom is -0.491 e. The van der Waals surface area contributed by atoms with Gasteiger partial charge in [-0.05, 0) is 24.6 Å². The van der Waals surface area contributed by atoms with E-state index in [9.17, 15) is 0 Å². The molecule has 6 heteroatoms. The first-order valence-electron chi connectivity index (χ1n) is 9.72. The van der Waals surface area contributed by atoms with E-state index in [0.29, 0.717) is 71.0 Å². The number of rotatable bonds is 0. The fourth-order valence-corrected chi connectivity index (χ4v) is 2.72. The van der Waals surface area contributed by atoms with Gasteiger partial charge in [0.1, 0.15) is 25.6 Å². The molecule has 0 fully saturated rings. The molecule has 0 saturated heterocycles. The SMILES string of the molecule is c1ccc2c(c1)COc1ccccc1OCCOCCCOCCOCCO2. The summed E-state index contributed by atoms with van der Waals surface area (Å²) in [6.45, 7) is 4.80. The van der Waals surface area contributed by atoms with E-state index in [2.05, 4.69) is 0 Å². The number of hydrogen-bond acceptors (Lipinski definition) is 6. The Morgan fingerprint density at radius 3 is 1.68 bits per heavy atom. The molecule has 2 aromatic rings. The van der Waals surface area contributed by atoms with Crippen LogP contribution in [0.15, 0.2) is 48.5 Å². The zero-order valence-electron chi connectivity index (χ0n) is 16.1. The summed E-state index contributed by atoms with van der Waals surface area (Å²) in [5.41, 5.74) is 0.971. The van der Waals surface area contributed by atoms with Gasteiger partial charge in [-0.1, -0.05) is 30.3 Å². The van der Waals surface area contributed by atoms with E-state index in [1.807, 2.05) is 48.5 Å². The van der Waals surface area contributed by atoms with Crippen molar-refractivity contribution in [3.63, 3.8) is 0 Å². The zero-order valence-corrected chi connectivity index (χ0v) is 16.1. The maximum Gasteiger partial charge on any atom is 0.161 e. The lowest BCUT2D eigenvalue weighted by molar-refractivity contribution is 0.0247. The van der Waals surface area contributed by atoms with E-state index in [4.69, 9.17) is 28.4 Å². The molecule has 0 amide bonds. The van der Waals surface area contributed by atoms with Gasteiger partial charge in [-0.25, -0.2) is 0 Å². The first kappa shape index (κ1) is 20.5. The van der Waals surface area contributed by atoms with Gasteiger partial charge in [0.15, 0.2) is 11.5 Å². The molecule has 0 atom stereocenters. The Kier molecular flexibility index (Phi) is 8.94. The smallest absolute Gasteiger partial charge is 0.161 e. The van der Waals surface area contributed by atoms with Crippen LogP contribution in [0.5, 0.6) is 17.2 Å². The van der Waals surface area contributed by atoms with Crippen molar-refractivity contribution in [2.45, 2.75) is 13.0 Å². The van der Waals surface area contributed by atoms with Gasteiger partial charge >= 0.3 is 0 Å². The molecule has 2 aromatic carbocycles. The number of benzene rings is 2. The van der Waals surface area contributed by atoms with E-state index < -0.39 is 0 Å². The van der Waals surface area contributed by atoms with Gasteiger partial charge in [0, 0.05) is 18.8 Å². The van der Waals surface area contributed by atoms with Crippen LogP contribution in [0.1, 0.15) is 12.0 Å². The molecule has 0 N–H and O–H groups in total. The highest BCUT2D eigenvalue weighted by molar-refractivity contribution is 5.40. The molecule has 0 aromatic heterocycles. The van der Waals surface area contributed by atoms with E-state index in [0.717, 1.165) is 17.7 Å². The third-order valence-corrected chi connectivity index (χ3v) is 4.12. The zero-order chi connectivity index (χ0) is 19.3. The summed E-state index contributed by atoms with van der Waals surface area (Å²) in [4.78, 5) is 0. The molecule has 0 radical (unpaired) electrons. The molecule has 0 bridgehead atoms. The van der Waals surface area contributed by atoms with Crippen molar-refractivity contribution in [1.29, 1.82) is 0 Å². The first-order valence-corrected chi connectivity index (χ1v) is 9.72. The van der Waals surface area contributed by atoms with E-state index >= 15 is 0 Å². The predicted octanol–water partition coefficient (Wildman–Crippen LogP) is 3.48. The van der Waals surface area contributed by atoms with Crippen LogP contribution in [0.3, 0.4) is 0 Å². The molecule has 0 aliphatic carbocycles. The topological polar surface area (TPSA) is 55.4 Å². The summed E-state index contributed by atoms with van der Waals surface area (Å²) < 4.78 is 34.4. The highest BCUT2D eigenvalue weighted by Gasteiger charge is 2.08. The molecule has 0 saturated carbocycles. The van der Waals surface area contributed by atoms with Gasteiger partial charge in [0.25, 0.3) is 0 Å². The number of para-hydroxylation sites is 3. The lowest BCUT2D eigenvalue weighted by Crippen LogP contribution is -2.13. The molecule has 0 unspecified atom stereocenters. The number of hydrogen-bond donors (Lipinski definition) is 0. The second-order valence-corrected chi connectivity index (χ2v) is 6.23. The number of fused-ring (bicyclic) bond motifs is 2. The van der Waals surface area contributed by atoms with Crippen LogP contribution in [0.4, 0.5) is 0 Å². The third-order valence-electron chi connectivity index (χ3n) is 4.12. The highest BCUT2D eigenvalue weighted by Crippen LogP contribution is 2.28. The van der Waals surface area contributed by atoms with Crippen molar-refractivity contribution in [1.82, 2.24) is 0 Å². The summed E-state index contributed by atoms with van der Waals surface area (Å²) in [6.07, 6.45) is 0.847. The number of ether oxygens (including phenoxy) is 6. The molecule has 6 nitrogen and oxygen atoms in total. The molecule has 0 spiro atoms. The quantitative estimate of drug-likeness (QED) is 0.689. The maximum atomic E-state index is 6.00. The Hall–Kier alpha value is -2.28. The molecule has 28 heavy (non-hydrogen) atoms. The Labute approximate surface area is 166 Å². The van der Waals surface area contributed by atoms with Gasteiger partial charge in [0.2, 0.25) is 0 Å². The highest BCUT2D eigenvalue weighted by atomic mass is 16.6. The Balaban J connectivity index is 1.63. The molecule has 1 aliphatic rings. The van der Waals surface area contributed by atoms with Crippen molar-refractivity contribution >= 4 is 0 Å². The predicted molar refractivity (Wildman–Crippen MR) is 105 cm³/mol. The third kappa shape index (κ3) is 7.03. The van der Waals surface area contributed by atoms with Crippen molar-refractivity contribution in [3.8, 4) is 17.2 Å². The summed E-state index contributed by atoms with van der Waals surface area (Å²) in [5, 5.41) is 0. The molecular weight excluding hydrogens is 360 g/mol. The van der Waals surface area contributed by atoms with Gasteiger partial charge in [-0.15, -0.1) is 0 Å².